The summed E-state index contributed by atoms with van der Waals surface area (Å²) < 4.78 is 1.81. The summed E-state index contributed by atoms with van der Waals surface area (Å²) in [5.41, 5.74) is 0.878. The first-order valence-corrected chi connectivity index (χ1v) is 4.70. The van der Waals surface area contributed by atoms with Crippen molar-refractivity contribution in [2.24, 2.45) is 0 Å². The number of nitrogens with zero attached hydrogens (tertiary/aromatic N) is 2. The van der Waals surface area contributed by atoms with Crippen molar-refractivity contribution in [2.75, 3.05) is 13.1 Å². The molecule has 0 fully saturated rings. The number of aliphatic hydroxyl groups is 1. The molecule has 0 spiro atoms. The summed E-state index contributed by atoms with van der Waals surface area (Å²) >= 11 is 0. The molecule has 4 heteroatoms. The number of hydrogen-bond acceptors (Lipinski definition) is 3. The van der Waals surface area contributed by atoms with Gasteiger partial charge in [-0.25, -0.2) is 0 Å². The molecule has 0 saturated carbocycles. The standard InChI is InChI=1S/C9H17N3O/c1-3-10-7-9(13)8-5-6-11-12(8)4-2/h5-6,9-10,13H,3-4,7H2,1-2H3. The average molecular weight is 183 g/mol. The molecule has 74 valence electrons. The summed E-state index contributed by atoms with van der Waals surface area (Å²) in [5, 5.41) is 16.9. The first-order chi connectivity index (χ1) is 6.29. The summed E-state index contributed by atoms with van der Waals surface area (Å²) in [5.74, 6) is 0. The molecule has 0 bridgehead atoms. The minimum absolute atomic E-state index is 0.456. The van der Waals surface area contributed by atoms with Crippen LogP contribution in [0.4, 0.5) is 0 Å². The lowest BCUT2D eigenvalue weighted by Gasteiger charge is -2.12. The molecule has 1 atom stereocenters. The molecule has 0 amide bonds. The van der Waals surface area contributed by atoms with Crippen LogP contribution in [0.3, 0.4) is 0 Å². The van der Waals surface area contributed by atoms with Crippen LogP contribution in [0, 0.1) is 0 Å². The molecule has 0 aliphatic heterocycles. The smallest absolute Gasteiger partial charge is 0.108 e. The quantitative estimate of drug-likeness (QED) is 0.700. The van der Waals surface area contributed by atoms with E-state index < -0.39 is 6.10 Å². The van der Waals surface area contributed by atoms with Crippen molar-refractivity contribution in [1.82, 2.24) is 15.1 Å². The van der Waals surface area contributed by atoms with E-state index in [9.17, 15) is 5.11 Å². The molecule has 13 heavy (non-hydrogen) atoms. The van der Waals surface area contributed by atoms with Crippen LogP contribution in [0.1, 0.15) is 25.6 Å². The van der Waals surface area contributed by atoms with Crippen molar-refractivity contribution in [2.45, 2.75) is 26.5 Å². The molecule has 1 unspecified atom stereocenters. The topological polar surface area (TPSA) is 50.1 Å². The first-order valence-electron chi connectivity index (χ1n) is 4.70. The fourth-order valence-electron chi connectivity index (χ4n) is 1.28. The molecule has 1 heterocycles. The summed E-state index contributed by atoms with van der Waals surface area (Å²) in [6, 6.07) is 1.85. The zero-order chi connectivity index (χ0) is 9.68. The molecule has 0 aliphatic carbocycles. The monoisotopic (exact) mass is 183 g/mol. The minimum atomic E-state index is -0.456. The van der Waals surface area contributed by atoms with E-state index in [4.69, 9.17) is 0 Å². The highest BCUT2D eigenvalue weighted by molar-refractivity contribution is 5.04. The van der Waals surface area contributed by atoms with Gasteiger partial charge in [-0.3, -0.25) is 4.68 Å². The van der Waals surface area contributed by atoms with Gasteiger partial charge in [-0.1, -0.05) is 6.92 Å². The molecule has 1 aromatic rings. The van der Waals surface area contributed by atoms with Gasteiger partial charge in [-0.2, -0.15) is 5.10 Å². The van der Waals surface area contributed by atoms with E-state index in [0.29, 0.717) is 6.54 Å². The minimum Gasteiger partial charge on any atom is -0.385 e. The Morgan fingerprint density at radius 1 is 1.62 bits per heavy atom. The molecular weight excluding hydrogens is 166 g/mol. The lowest BCUT2D eigenvalue weighted by molar-refractivity contribution is 0.164. The fraction of sp³-hybridized carbons (Fsp3) is 0.667. The summed E-state index contributed by atoms with van der Waals surface area (Å²) in [6.07, 6.45) is 1.26. The van der Waals surface area contributed by atoms with Gasteiger partial charge in [0, 0.05) is 19.3 Å². The Balaban J connectivity index is 2.59. The van der Waals surface area contributed by atoms with Crippen LogP contribution in [0.25, 0.3) is 0 Å². The average Bonchev–Trinajstić information content (AvgIpc) is 2.61. The van der Waals surface area contributed by atoms with Gasteiger partial charge in [-0.05, 0) is 19.5 Å². The summed E-state index contributed by atoms with van der Waals surface area (Å²) in [7, 11) is 0. The van der Waals surface area contributed by atoms with Crippen LogP contribution in [0.5, 0.6) is 0 Å². The molecule has 0 aromatic carbocycles. The largest absolute Gasteiger partial charge is 0.385 e. The van der Waals surface area contributed by atoms with Crippen LogP contribution in [0.15, 0.2) is 12.3 Å². The molecule has 0 radical (unpaired) electrons. The third-order valence-electron chi connectivity index (χ3n) is 1.98. The van der Waals surface area contributed by atoms with Crippen LogP contribution < -0.4 is 5.32 Å². The van der Waals surface area contributed by atoms with Gasteiger partial charge in [0.25, 0.3) is 0 Å². The van der Waals surface area contributed by atoms with Crippen LogP contribution in [0.2, 0.25) is 0 Å². The van der Waals surface area contributed by atoms with Gasteiger partial charge >= 0.3 is 0 Å². The van der Waals surface area contributed by atoms with Crippen molar-refractivity contribution in [3.05, 3.63) is 18.0 Å². The predicted molar refractivity (Wildman–Crippen MR) is 51.4 cm³/mol. The lowest BCUT2D eigenvalue weighted by Crippen LogP contribution is -2.22. The fourth-order valence-corrected chi connectivity index (χ4v) is 1.28. The number of likely N-dealkylation sites (N-methyl/N-ethyl adjacent to an activating group) is 1. The molecule has 1 rings (SSSR count). The number of hydrogen-bond donors (Lipinski definition) is 2. The van der Waals surface area contributed by atoms with E-state index in [1.165, 1.54) is 0 Å². The van der Waals surface area contributed by atoms with Crippen molar-refractivity contribution < 1.29 is 5.11 Å². The lowest BCUT2D eigenvalue weighted by atomic mass is 10.2. The number of nitrogens with one attached hydrogen (secondary N) is 1. The normalized spacial score (nSPS) is 13.2. The first kappa shape index (κ1) is 10.2. The highest BCUT2D eigenvalue weighted by Gasteiger charge is 2.10. The van der Waals surface area contributed by atoms with Crippen LogP contribution >= 0.6 is 0 Å². The van der Waals surface area contributed by atoms with Gasteiger partial charge in [0.15, 0.2) is 0 Å². The van der Waals surface area contributed by atoms with Gasteiger partial charge in [-0.15, -0.1) is 0 Å². The predicted octanol–water partition coefficient (Wildman–Crippen LogP) is 0.546. The Labute approximate surface area is 78.6 Å². The van der Waals surface area contributed by atoms with E-state index >= 15 is 0 Å². The van der Waals surface area contributed by atoms with Crippen molar-refractivity contribution in [3.63, 3.8) is 0 Å². The van der Waals surface area contributed by atoms with E-state index in [0.717, 1.165) is 18.8 Å². The van der Waals surface area contributed by atoms with Crippen LogP contribution in [-0.4, -0.2) is 28.0 Å². The number of aromatic nitrogens is 2. The van der Waals surface area contributed by atoms with Gasteiger partial charge in [0.05, 0.1) is 5.69 Å². The Morgan fingerprint density at radius 3 is 3.00 bits per heavy atom. The second-order valence-electron chi connectivity index (χ2n) is 2.90. The van der Waals surface area contributed by atoms with E-state index in [-0.39, 0.29) is 0 Å². The third-order valence-corrected chi connectivity index (χ3v) is 1.98. The van der Waals surface area contributed by atoms with E-state index in [2.05, 4.69) is 10.4 Å². The van der Waals surface area contributed by atoms with Crippen molar-refractivity contribution in [3.8, 4) is 0 Å². The highest BCUT2D eigenvalue weighted by Crippen LogP contribution is 2.10. The molecule has 0 saturated heterocycles. The number of rotatable bonds is 5. The second-order valence-corrected chi connectivity index (χ2v) is 2.90. The Kier molecular flexibility index (Phi) is 3.92. The molecule has 4 nitrogen and oxygen atoms in total. The maximum absolute atomic E-state index is 9.73. The zero-order valence-corrected chi connectivity index (χ0v) is 8.20. The van der Waals surface area contributed by atoms with Gasteiger partial charge in [0.1, 0.15) is 6.10 Å². The number of aliphatic hydroxyl groups excluding tert-OH is 1. The maximum Gasteiger partial charge on any atom is 0.108 e. The SMILES string of the molecule is CCNCC(O)c1ccnn1CC. The van der Waals surface area contributed by atoms with E-state index in [1.807, 2.05) is 24.6 Å². The van der Waals surface area contributed by atoms with Crippen molar-refractivity contribution >= 4 is 0 Å². The number of aryl methyl sites for hydroxylation is 1. The Hall–Kier alpha value is -0.870. The van der Waals surface area contributed by atoms with Gasteiger partial charge < -0.3 is 10.4 Å². The zero-order valence-electron chi connectivity index (χ0n) is 8.20. The Bertz CT molecular complexity index is 247. The highest BCUT2D eigenvalue weighted by atomic mass is 16.3. The van der Waals surface area contributed by atoms with Crippen molar-refractivity contribution in [1.29, 1.82) is 0 Å². The third kappa shape index (κ3) is 2.54. The van der Waals surface area contributed by atoms with E-state index in [1.54, 1.807) is 6.20 Å². The molecule has 2 N–H and O–H groups in total. The van der Waals surface area contributed by atoms with Gasteiger partial charge in [0.2, 0.25) is 0 Å². The summed E-state index contributed by atoms with van der Waals surface area (Å²) in [6.45, 7) is 6.28. The maximum atomic E-state index is 9.73. The Morgan fingerprint density at radius 2 is 2.38 bits per heavy atom. The summed E-state index contributed by atoms with van der Waals surface area (Å²) in [4.78, 5) is 0. The second kappa shape index (κ2) is 4.99. The molecule has 0 aliphatic rings. The molecule has 1 aromatic heterocycles. The van der Waals surface area contributed by atoms with Crippen LogP contribution in [-0.2, 0) is 6.54 Å². The molecular formula is C9H17N3O.